The number of phosphoric ester groups is 2. The van der Waals surface area contributed by atoms with E-state index in [1.54, 1.807) is 0 Å². The van der Waals surface area contributed by atoms with E-state index in [-0.39, 0.29) is 25.7 Å². The van der Waals surface area contributed by atoms with Crippen LogP contribution in [-0.4, -0.2) is 96.7 Å². The number of unbranched alkanes of at least 4 members (excludes halogenated alkanes) is 32. The molecule has 94 heavy (non-hydrogen) atoms. The van der Waals surface area contributed by atoms with Crippen LogP contribution in [0.2, 0.25) is 0 Å². The highest BCUT2D eigenvalue weighted by Gasteiger charge is 2.30. The van der Waals surface area contributed by atoms with Crippen molar-refractivity contribution in [2.75, 3.05) is 39.6 Å². The van der Waals surface area contributed by atoms with Crippen LogP contribution in [0.4, 0.5) is 0 Å². The summed E-state index contributed by atoms with van der Waals surface area (Å²) in [6.07, 6.45) is 66.4. The van der Waals surface area contributed by atoms with Gasteiger partial charge in [-0.1, -0.05) is 306 Å². The van der Waals surface area contributed by atoms with Crippen LogP contribution >= 0.6 is 15.6 Å². The van der Waals surface area contributed by atoms with Gasteiger partial charge < -0.3 is 33.8 Å². The topological polar surface area (TPSA) is 237 Å². The van der Waals surface area contributed by atoms with E-state index in [9.17, 15) is 43.2 Å². The molecule has 5 unspecified atom stereocenters. The van der Waals surface area contributed by atoms with Crippen LogP contribution in [-0.2, 0) is 65.4 Å². The van der Waals surface area contributed by atoms with Crippen LogP contribution in [0.1, 0.15) is 323 Å². The number of aliphatic hydroxyl groups excluding tert-OH is 1. The van der Waals surface area contributed by atoms with E-state index in [4.69, 9.17) is 37.0 Å². The molecule has 0 amide bonds. The molecule has 0 spiro atoms. The lowest BCUT2D eigenvalue weighted by Crippen LogP contribution is -2.30. The van der Waals surface area contributed by atoms with Gasteiger partial charge in [-0.2, -0.15) is 0 Å². The monoisotopic (exact) mass is 1370 g/mol. The number of hydrogen-bond donors (Lipinski definition) is 3. The fourth-order valence-electron chi connectivity index (χ4n) is 10.1. The van der Waals surface area contributed by atoms with Crippen molar-refractivity contribution in [3.63, 3.8) is 0 Å². The van der Waals surface area contributed by atoms with Crippen molar-refractivity contribution in [1.82, 2.24) is 0 Å². The zero-order chi connectivity index (χ0) is 69.0. The predicted octanol–water partition coefficient (Wildman–Crippen LogP) is 20.9. The first-order chi connectivity index (χ1) is 45.7. The first-order valence-corrected chi connectivity index (χ1v) is 40.2. The molecule has 5 atom stereocenters. The molecule has 0 aromatic rings. The number of carbonyl (C=O) groups excluding carboxylic acids is 4. The molecule has 0 radical (unpaired) electrons. The van der Waals surface area contributed by atoms with E-state index >= 15 is 0 Å². The Hall–Kier alpha value is -3.50. The fourth-order valence-corrected chi connectivity index (χ4v) is 11.7. The van der Waals surface area contributed by atoms with Crippen molar-refractivity contribution in [2.45, 2.75) is 341 Å². The highest BCUT2D eigenvalue weighted by Crippen LogP contribution is 2.45. The van der Waals surface area contributed by atoms with Crippen molar-refractivity contribution in [3.8, 4) is 0 Å². The molecule has 19 heteroatoms. The van der Waals surface area contributed by atoms with Crippen molar-refractivity contribution in [3.05, 3.63) is 72.9 Å². The second kappa shape index (κ2) is 68.0. The van der Waals surface area contributed by atoms with Gasteiger partial charge >= 0.3 is 39.5 Å². The van der Waals surface area contributed by atoms with E-state index in [0.717, 1.165) is 103 Å². The molecular weight excluding hydrogens is 1230 g/mol. The molecule has 0 saturated carbocycles. The minimum Gasteiger partial charge on any atom is -0.462 e. The van der Waals surface area contributed by atoms with Gasteiger partial charge in [0, 0.05) is 25.7 Å². The van der Waals surface area contributed by atoms with E-state index < -0.39 is 97.5 Å². The number of allylic oxidation sites excluding steroid dienone is 12. The summed E-state index contributed by atoms with van der Waals surface area (Å²) < 4.78 is 68.2. The van der Waals surface area contributed by atoms with Crippen LogP contribution in [0.3, 0.4) is 0 Å². The second-order valence-corrected chi connectivity index (χ2v) is 27.8. The summed E-state index contributed by atoms with van der Waals surface area (Å²) in [6, 6.07) is 0. The normalized spacial score (nSPS) is 14.4. The molecule has 0 saturated heterocycles. The van der Waals surface area contributed by atoms with E-state index in [1.807, 2.05) is 18.2 Å². The maximum absolute atomic E-state index is 13.0. The van der Waals surface area contributed by atoms with Gasteiger partial charge in [-0.05, 0) is 64.2 Å². The number of rotatable bonds is 70. The molecule has 0 bridgehead atoms. The van der Waals surface area contributed by atoms with Gasteiger partial charge in [0.25, 0.3) is 0 Å². The van der Waals surface area contributed by atoms with E-state index in [2.05, 4.69) is 82.4 Å². The summed E-state index contributed by atoms with van der Waals surface area (Å²) in [7, 11) is -9.94. The molecule has 0 aliphatic carbocycles. The maximum Gasteiger partial charge on any atom is 0.472 e. The zero-order valence-electron chi connectivity index (χ0n) is 59.4. The Balaban J connectivity index is 5.34. The maximum atomic E-state index is 13.0. The molecule has 546 valence electrons. The highest BCUT2D eigenvalue weighted by molar-refractivity contribution is 7.47. The summed E-state index contributed by atoms with van der Waals surface area (Å²) in [4.78, 5) is 72.6. The summed E-state index contributed by atoms with van der Waals surface area (Å²) in [5, 5.41) is 10.6. The lowest BCUT2D eigenvalue weighted by molar-refractivity contribution is -0.161. The molecule has 0 aromatic heterocycles. The largest absolute Gasteiger partial charge is 0.472 e. The van der Waals surface area contributed by atoms with Gasteiger partial charge in [-0.25, -0.2) is 9.13 Å². The minimum absolute atomic E-state index is 0.0402. The summed E-state index contributed by atoms with van der Waals surface area (Å²) in [6.45, 7) is 4.69. The third-order valence-corrected chi connectivity index (χ3v) is 17.6. The van der Waals surface area contributed by atoms with Gasteiger partial charge in [0.2, 0.25) is 0 Å². The molecule has 0 heterocycles. The molecular formula is C75H134O17P2. The van der Waals surface area contributed by atoms with Crippen LogP contribution < -0.4 is 0 Å². The van der Waals surface area contributed by atoms with Crippen LogP contribution in [0.5, 0.6) is 0 Å². The third kappa shape index (κ3) is 67.1. The molecule has 0 rings (SSSR count). The fraction of sp³-hybridized carbons (Fsp3) is 0.787. The van der Waals surface area contributed by atoms with Crippen molar-refractivity contribution in [2.24, 2.45) is 0 Å². The van der Waals surface area contributed by atoms with Crippen molar-refractivity contribution in [1.29, 1.82) is 0 Å². The number of ether oxygens (including phenoxy) is 4. The van der Waals surface area contributed by atoms with Crippen LogP contribution in [0, 0.1) is 0 Å². The summed E-state index contributed by atoms with van der Waals surface area (Å²) in [5.41, 5.74) is 0. The molecule has 17 nitrogen and oxygen atoms in total. The second-order valence-electron chi connectivity index (χ2n) is 24.9. The number of aliphatic hydroxyl groups is 1. The van der Waals surface area contributed by atoms with E-state index in [1.165, 1.54) is 135 Å². The Labute approximate surface area is 571 Å². The van der Waals surface area contributed by atoms with Crippen LogP contribution in [0.25, 0.3) is 0 Å². The van der Waals surface area contributed by atoms with Crippen molar-refractivity contribution < 1.29 is 80.2 Å². The quantitative estimate of drug-likeness (QED) is 0.0169. The van der Waals surface area contributed by atoms with Crippen LogP contribution in [0.15, 0.2) is 72.9 Å². The number of esters is 4. The SMILES string of the molecule is CC/C=C\C/C=C\C/C=C\C/C=C\C/C=C\C/C=C\CCC(=O)OCC(COP(=O)(O)OCC(O)COP(=O)(O)OCC(COC(=O)CCCCCCCCCCCCC)OC(=O)CCCCCCCCCCCCC)OC(=O)CCCCCCCCCCCCCCC. The Kier molecular flexibility index (Phi) is 65.5. The van der Waals surface area contributed by atoms with Gasteiger partial charge in [-0.3, -0.25) is 37.3 Å². The van der Waals surface area contributed by atoms with Gasteiger partial charge in [-0.15, -0.1) is 0 Å². The Bertz CT molecular complexity index is 2070. The lowest BCUT2D eigenvalue weighted by atomic mass is 10.0. The Morgan fingerprint density at radius 3 is 0.851 bits per heavy atom. The Morgan fingerprint density at radius 2 is 0.553 bits per heavy atom. The third-order valence-electron chi connectivity index (χ3n) is 15.7. The average molecular weight is 1370 g/mol. The summed E-state index contributed by atoms with van der Waals surface area (Å²) >= 11 is 0. The first-order valence-electron chi connectivity index (χ1n) is 37.2. The smallest absolute Gasteiger partial charge is 0.462 e. The highest BCUT2D eigenvalue weighted by atomic mass is 31.2. The van der Waals surface area contributed by atoms with Gasteiger partial charge in [0.15, 0.2) is 12.2 Å². The average Bonchev–Trinajstić information content (AvgIpc) is 1.73. The predicted molar refractivity (Wildman–Crippen MR) is 381 cm³/mol. The first kappa shape index (κ1) is 90.5. The standard InChI is InChI=1S/C75H134O17P2/c1-5-9-13-17-21-25-29-31-32-33-34-35-36-38-41-44-48-52-56-60-73(78)86-66-71(92-75(80)62-58-54-50-46-42-37-30-26-22-18-14-10-6-2)68-90-94(83,84)88-64-69(76)63-87-93(81,82)89-67-70(91-74(79)61-57-53-49-45-40-28-24-20-16-12-8-4)65-85-72(77)59-55-51-47-43-39-27-23-19-15-11-7-3/h9,13,21,25,31-32,34-35,38,41,48,52,69-71,76H,5-8,10-12,14-20,22-24,26-30,33,36-37,39-40,42-47,49-51,53-68H2,1-4H3,(H,81,82)(H,83,84)/b13-9-,25-21-,32-31-,35-34-,41-38-,52-48-. The zero-order valence-corrected chi connectivity index (χ0v) is 61.2. The van der Waals surface area contributed by atoms with Gasteiger partial charge in [0.05, 0.1) is 26.4 Å². The molecule has 0 fully saturated rings. The van der Waals surface area contributed by atoms with Gasteiger partial charge in [0.1, 0.15) is 19.3 Å². The molecule has 0 aliphatic rings. The lowest BCUT2D eigenvalue weighted by Gasteiger charge is -2.21. The number of carbonyl (C=O) groups is 4. The number of hydrogen-bond acceptors (Lipinski definition) is 15. The van der Waals surface area contributed by atoms with E-state index in [0.29, 0.717) is 32.1 Å². The number of phosphoric acid groups is 2. The minimum atomic E-state index is -4.98. The summed E-state index contributed by atoms with van der Waals surface area (Å²) in [5.74, 6) is -2.25. The molecule has 0 aliphatic heterocycles. The Morgan fingerprint density at radius 1 is 0.309 bits per heavy atom. The van der Waals surface area contributed by atoms with Crippen molar-refractivity contribution >= 4 is 39.5 Å². The molecule has 0 aromatic carbocycles. The molecule has 3 N–H and O–H groups in total.